The fourth-order valence-corrected chi connectivity index (χ4v) is 2.30. The number of nitrogens with zero attached hydrogens (tertiary/aromatic N) is 1. The van der Waals surface area contributed by atoms with Gasteiger partial charge in [-0.25, -0.2) is 8.78 Å². The van der Waals surface area contributed by atoms with E-state index < -0.39 is 11.6 Å². The lowest BCUT2D eigenvalue weighted by molar-refractivity contribution is 0.555. The molecule has 21 heavy (non-hydrogen) atoms. The summed E-state index contributed by atoms with van der Waals surface area (Å²) >= 11 is 0. The molecular weight excluding hydrogens is 272 g/mol. The zero-order valence-electron chi connectivity index (χ0n) is 12.2. The number of nitrogens with one attached hydrogen (secondary N) is 2. The highest BCUT2D eigenvalue weighted by atomic mass is 19.1. The van der Waals surface area contributed by atoms with Crippen molar-refractivity contribution in [3.05, 3.63) is 47.5 Å². The molecule has 0 unspecified atom stereocenters. The molecule has 3 nitrogen and oxygen atoms in total. The number of halogens is 2. The van der Waals surface area contributed by atoms with Crippen LogP contribution in [0.25, 0.3) is 0 Å². The molecule has 2 rings (SSSR count). The average molecular weight is 293 g/mol. The van der Waals surface area contributed by atoms with E-state index in [0.29, 0.717) is 18.5 Å². The Morgan fingerprint density at radius 3 is 2.52 bits per heavy atom. The van der Waals surface area contributed by atoms with Crippen LogP contribution in [0.2, 0.25) is 0 Å². The van der Waals surface area contributed by atoms with Crippen molar-refractivity contribution in [2.24, 2.45) is 4.99 Å². The van der Waals surface area contributed by atoms with E-state index in [0.717, 1.165) is 19.4 Å². The lowest BCUT2D eigenvalue weighted by atomic mass is 10.1. The maximum absolute atomic E-state index is 13.5. The van der Waals surface area contributed by atoms with Gasteiger partial charge in [0.05, 0.1) is 0 Å². The Morgan fingerprint density at radius 1 is 1.24 bits per heavy atom. The van der Waals surface area contributed by atoms with Crippen molar-refractivity contribution in [3.63, 3.8) is 0 Å². The van der Waals surface area contributed by atoms with E-state index in [-0.39, 0.29) is 12.0 Å². The quantitative estimate of drug-likeness (QED) is 0.497. The molecule has 0 atom stereocenters. The summed E-state index contributed by atoms with van der Waals surface area (Å²) in [4.78, 5) is 4.39. The van der Waals surface area contributed by atoms with Gasteiger partial charge in [-0.15, -0.1) is 0 Å². The molecule has 0 aromatic heterocycles. The SMILES string of the molecule is CCNC(=NCCc1c(F)cccc1F)NC1CC=CC1. The largest absolute Gasteiger partial charge is 0.357 e. The normalized spacial score (nSPS) is 15.5. The molecule has 0 spiro atoms. The van der Waals surface area contributed by atoms with Crippen molar-refractivity contribution in [3.8, 4) is 0 Å². The van der Waals surface area contributed by atoms with Crippen LogP contribution >= 0.6 is 0 Å². The second-order valence-corrected chi connectivity index (χ2v) is 4.99. The molecular formula is C16H21F2N3. The molecule has 114 valence electrons. The first-order chi connectivity index (χ1) is 10.2. The third kappa shape index (κ3) is 4.55. The van der Waals surface area contributed by atoms with E-state index in [9.17, 15) is 8.78 Å². The molecule has 2 N–H and O–H groups in total. The third-order valence-corrected chi connectivity index (χ3v) is 3.39. The minimum Gasteiger partial charge on any atom is -0.357 e. The molecule has 1 aromatic rings. The summed E-state index contributed by atoms with van der Waals surface area (Å²) in [6, 6.07) is 4.27. The predicted octanol–water partition coefficient (Wildman–Crippen LogP) is 2.78. The fraction of sp³-hybridized carbons (Fsp3) is 0.438. The van der Waals surface area contributed by atoms with Gasteiger partial charge in [-0.1, -0.05) is 18.2 Å². The topological polar surface area (TPSA) is 36.4 Å². The highest BCUT2D eigenvalue weighted by Crippen LogP contribution is 2.12. The summed E-state index contributed by atoms with van der Waals surface area (Å²) in [5, 5.41) is 6.47. The van der Waals surface area contributed by atoms with E-state index in [2.05, 4.69) is 27.8 Å². The van der Waals surface area contributed by atoms with Gasteiger partial charge in [-0.2, -0.15) is 0 Å². The van der Waals surface area contributed by atoms with Gasteiger partial charge in [0.15, 0.2) is 5.96 Å². The zero-order valence-corrected chi connectivity index (χ0v) is 12.2. The second kappa shape index (κ2) is 7.76. The van der Waals surface area contributed by atoms with Crippen molar-refractivity contribution >= 4 is 5.96 Å². The average Bonchev–Trinajstić information content (AvgIpc) is 2.95. The molecule has 0 saturated carbocycles. The summed E-state index contributed by atoms with van der Waals surface area (Å²) in [7, 11) is 0. The van der Waals surface area contributed by atoms with E-state index in [1.807, 2.05) is 6.92 Å². The summed E-state index contributed by atoms with van der Waals surface area (Å²) in [6.07, 6.45) is 6.47. The van der Waals surface area contributed by atoms with E-state index >= 15 is 0 Å². The van der Waals surface area contributed by atoms with Crippen molar-refractivity contribution in [2.45, 2.75) is 32.2 Å². The van der Waals surface area contributed by atoms with Crippen LogP contribution in [0.1, 0.15) is 25.3 Å². The van der Waals surface area contributed by atoms with Crippen LogP contribution in [0.15, 0.2) is 35.3 Å². The molecule has 5 heteroatoms. The first-order valence-corrected chi connectivity index (χ1v) is 7.33. The number of benzene rings is 1. The van der Waals surface area contributed by atoms with Crippen LogP contribution in [0, 0.1) is 11.6 Å². The monoisotopic (exact) mass is 293 g/mol. The highest BCUT2D eigenvalue weighted by Gasteiger charge is 2.12. The molecule has 0 aliphatic heterocycles. The lowest BCUT2D eigenvalue weighted by Crippen LogP contribution is -2.42. The minimum atomic E-state index is -0.511. The summed E-state index contributed by atoms with van der Waals surface area (Å²) in [6.45, 7) is 3.08. The highest BCUT2D eigenvalue weighted by molar-refractivity contribution is 5.80. The summed E-state index contributed by atoms with van der Waals surface area (Å²) in [5.74, 6) is -0.325. The van der Waals surface area contributed by atoms with E-state index in [1.165, 1.54) is 18.2 Å². The van der Waals surface area contributed by atoms with Gasteiger partial charge in [-0.05, 0) is 38.3 Å². The van der Waals surface area contributed by atoms with Crippen LogP contribution in [-0.2, 0) is 6.42 Å². The molecule has 0 fully saturated rings. The van der Waals surface area contributed by atoms with Crippen LogP contribution in [0.5, 0.6) is 0 Å². The summed E-state index contributed by atoms with van der Waals surface area (Å²) < 4.78 is 27.0. The maximum atomic E-state index is 13.5. The summed E-state index contributed by atoms with van der Waals surface area (Å²) in [5.41, 5.74) is 0.0969. The standard InChI is InChI=1S/C16H21F2N3/c1-2-19-16(21-12-6-3-4-7-12)20-11-10-13-14(17)8-5-9-15(13)18/h3-5,8-9,12H,2,6-7,10-11H2,1H3,(H2,19,20,21). The Hall–Kier alpha value is -1.91. The van der Waals surface area contributed by atoms with Crippen molar-refractivity contribution in [1.29, 1.82) is 0 Å². The van der Waals surface area contributed by atoms with Crippen LogP contribution < -0.4 is 10.6 Å². The minimum absolute atomic E-state index is 0.0969. The molecule has 0 radical (unpaired) electrons. The maximum Gasteiger partial charge on any atom is 0.191 e. The van der Waals surface area contributed by atoms with Crippen molar-refractivity contribution in [1.82, 2.24) is 10.6 Å². The molecule has 0 amide bonds. The number of rotatable bonds is 5. The van der Waals surface area contributed by atoms with E-state index in [1.54, 1.807) is 0 Å². The first-order valence-electron chi connectivity index (χ1n) is 7.33. The number of guanidine groups is 1. The van der Waals surface area contributed by atoms with Crippen LogP contribution in [0.3, 0.4) is 0 Å². The molecule has 0 heterocycles. The van der Waals surface area contributed by atoms with Gasteiger partial charge in [0, 0.05) is 24.7 Å². The molecule has 1 aliphatic carbocycles. The first kappa shape index (κ1) is 15.5. The Morgan fingerprint density at radius 2 is 1.90 bits per heavy atom. The van der Waals surface area contributed by atoms with Gasteiger partial charge in [0.25, 0.3) is 0 Å². The molecule has 0 bridgehead atoms. The second-order valence-electron chi connectivity index (χ2n) is 4.99. The lowest BCUT2D eigenvalue weighted by Gasteiger charge is -2.16. The predicted molar refractivity (Wildman–Crippen MR) is 81.3 cm³/mol. The Kier molecular flexibility index (Phi) is 5.72. The van der Waals surface area contributed by atoms with Crippen molar-refractivity contribution < 1.29 is 8.78 Å². The Balaban J connectivity index is 1.92. The Bertz CT molecular complexity index is 498. The van der Waals surface area contributed by atoms with Gasteiger partial charge < -0.3 is 10.6 Å². The van der Waals surface area contributed by atoms with Crippen LogP contribution in [0.4, 0.5) is 8.78 Å². The molecule has 1 aromatic carbocycles. The molecule has 0 saturated heterocycles. The van der Waals surface area contributed by atoms with Crippen LogP contribution in [-0.4, -0.2) is 25.1 Å². The zero-order chi connectivity index (χ0) is 15.1. The van der Waals surface area contributed by atoms with Crippen molar-refractivity contribution in [2.75, 3.05) is 13.1 Å². The Labute approximate surface area is 124 Å². The number of hydrogen-bond donors (Lipinski definition) is 2. The van der Waals surface area contributed by atoms with E-state index in [4.69, 9.17) is 0 Å². The number of aliphatic imine (C=N–C) groups is 1. The van der Waals surface area contributed by atoms with Gasteiger partial charge in [0.1, 0.15) is 11.6 Å². The van der Waals surface area contributed by atoms with Gasteiger partial charge in [0.2, 0.25) is 0 Å². The third-order valence-electron chi connectivity index (χ3n) is 3.39. The van der Waals surface area contributed by atoms with Gasteiger partial charge >= 0.3 is 0 Å². The smallest absolute Gasteiger partial charge is 0.191 e. The van der Waals surface area contributed by atoms with Gasteiger partial charge in [-0.3, -0.25) is 4.99 Å². The number of hydrogen-bond acceptors (Lipinski definition) is 1. The molecule has 1 aliphatic rings. The fourth-order valence-electron chi connectivity index (χ4n) is 2.30.